The van der Waals surface area contributed by atoms with Crippen molar-refractivity contribution >= 4 is 50.3 Å². The van der Waals surface area contributed by atoms with Crippen LogP contribution in [0.4, 0.5) is 0 Å². The van der Waals surface area contributed by atoms with E-state index in [1.54, 1.807) is 6.07 Å². The summed E-state index contributed by atoms with van der Waals surface area (Å²) < 4.78 is 1.70. The Balaban J connectivity index is 1.90. The summed E-state index contributed by atoms with van der Waals surface area (Å²) in [5.74, 6) is -0.376. The molecule has 0 aromatic heterocycles. The zero-order valence-electron chi connectivity index (χ0n) is 9.50. The number of carbonyl (C=O) groups excluding carboxylic acids is 2. The maximum atomic E-state index is 11.9. The molecule has 1 aromatic rings. The van der Waals surface area contributed by atoms with Gasteiger partial charge in [0.1, 0.15) is 0 Å². The number of amides is 2. The lowest BCUT2D eigenvalue weighted by Gasteiger charge is -2.07. The molecule has 1 fully saturated rings. The average molecular weight is 423 g/mol. The van der Waals surface area contributed by atoms with Crippen molar-refractivity contribution in [1.29, 1.82) is 0 Å². The fourth-order valence-electron chi connectivity index (χ4n) is 1.43. The molecule has 1 aliphatic rings. The van der Waals surface area contributed by atoms with Gasteiger partial charge in [-0.25, -0.2) is 0 Å². The molecule has 1 aromatic carbocycles. The molecular formula is C12H12BrIN2O2. The summed E-state index contributed by atoms with van der Waals surface area (Å²) in [6.07, 6.45) is 2.09. The van der Waals surface area contributed by atoms with Gasteiger partial charge in [-0.2, -0.15) is 0 Å². The molecule has 4 nitrogen and oxygen atoms in total. The predicted molar refractivity (Wildman–Crippen MR) is 80.4 cm³/mol. The van der Waals surface area contributed by atoms with Crippen molar-refractivity contribution in [3.8, 4) is 0 Å². The van der Waals surface area contributed by atoms with Crippen LogP contribution < -0.4 is 10.6 Å². The van der Waals surface area contributed by atoms with Crippen molar-refractivity contribution in [3.05, 3.63) is 31.8 Å². The normalized spacial score (nSPS) is 14.1. The molecule has 18 heavy (non-hydrogen) atoms. The highest BCUT2D eigenvalue weighted by molar-refractivity contribution is 14.1. The second-order valence-electron chi connectivity index (χ2n) is 4.15. The standard InChI is InChI=1S/C12H12BrIN2O2/c13-10-4-1-7(14)5-9(10)12(18)15-6-11(17)16-8-2-3-8/h1,4-5,8H,2-3,6H2,(H,15,18)(H,16,17). The van der Waals surface area contributed by atoms with Crippen LogP contribution in [0.2, 0.25) is 0 Å². The van der Waals surface area contributed by atoms with Crippen LogP contribution in [-0.4, -0.2) is 24.4 Å². The molecule has 2 N–H and O–H groups in total. The summed E-state index contributed by atoms with van der Waals surface area (Å²) in [7, 11) is 0. The number of hydrogen-bond donors (Lipinski definition) is 2. The molecular weight excluding hydrogens is 411 g/mol. The molecule has 2 rings (SSSR count). The molecule has 0 saturated heterocycles. The Morgan fingerprint density at radius 1 is 1.39 bits per heavy atom. The van der Waals surface area contributed by atoms with Crippen LogP contribution >= 0.6 is 38.5 Å². The molecule has 0 heterocycles. The van der Waals surface area contributed by atoms with Gasteiger partial charge in [0.15, 0.2) is 0 Å². The van der Waals surface area contributed by atoms with Crippen LogP contribution in [0.5, 0.6) is 0 Å². The van der Waals surface area contributed by atoms with Gasteiger partial charge >= 0.3 is 0 Å². The lowest BCUT2D eigenvalue weighted by atomic mass is 10.2. The molecule has 0 bridgehead atoms. The van der Waals surface area contributed by atoms with Crippen molar-refractivity contribution in [2.24, 2.45) is 0 Å². The monoisotopic (exact) mass is 422 g/mol. The zero-order chi connectivity index (χ0) is 13.1. The van der Waals surface area contributed by atoms with Crippen molar-refractivity contribution < 1.29 is 9.59 Å². The molecule has 96 valence electrons. The Kier molecular flexibility index (Phi) is 4.60. The molecule has 0 atom stereocenters. The Hall–Kier alpha value is -0.630. The number of rotatable bonds is 4. The first kappa shape index (κ1) is 13.8. The van der Waals surface area contributed by atoms with E-state index in [1.165, 1.54) is 0 Å². The molecule has 6 heteroatoms. The molecule has 1 saturated carbocycles. The van der Waals surface area contributed by atoms with Crippen LogP contribution in [0.15, 0.2) is 22.7 Å². The lowest BCUT2D eigenvalue weighted by Crippen LogP contribution is -2.37. The summed E-state index contributed by atoms with van der Waals surface area (Å²) in [6.45, 7) is 0.0211. The highest BCUT2D eigenvalue weighted by atomic mass is 127. The Morgan fingerprint density at radius 2 is 2.11 bits per heavy atom. The lowest BCUT2D eigenvalue weighted by molar-refractivity contribution is -0.120. The third-order valence-corrected chi connectivity index (χ3v) is 3.89. The summed E-state index contributed by atoms with van der Waals surface area (Å²) in [5, 5.41) is 5.44. The van der Waals surface area contributed by atoms with E-state index >= 15 is 0 Å². The van der Waals surface area contributed by atoms with Gasteiger partial charge < -0.3 is 10.6 Å². The number of benzene rings is 1. The van der Waals surface area contributed by atoms with E-state index < -0.39 is 0 Å². The van der Waals surface area contributed by atoms with Crippen LogP contribution in [-0.2, 0) is 4.79 Å². The van der Waals surface area contributed by atoms with Gasteiger partial charge in [-0.05, 0) is 69.6 Å². The van der Waals surface area contributed by atoms with Crippen molar-refractivity contribution in [2.75, 3.05) is 6.54 Å². The third-order valence-electron chi connectivity index (χ3n) is 2.52. The quantitative estimate of drug-likeness (QED) is 0.729. The van der Waals surface area contributed by atoms with E-state index in [9.17, 15) is 9.59 Å². The van der Waals surface area contributed by atoms with Crippen molar-refractivity contribution in [3.63, 3.8) is 0 Å². The largest absolute Gasteiger partial charge is 0.352 e. The fourth-order valence-corrected chi connectivity index (χ4v) is 2.35. The topological polar surface area (TPSA) is 58.2 Å². The second kappa shape index (κ2) is 6.01. The highest BCUT2D eigenvalue weighted by Crippen LogP contribution is 2.19. The van der Waals surface area contributed by atoms with E-state index in [0.29, 0.717) is 11.6 Å². The minimum absolute atomic E-state index is 0.0211. The summed E-state index contributed by atoms with van der Waals surface area (Å²) in [4.78, 5) is 23.3. The first-order valence-corrected chi connectivity index (χ1v) is 7.46. The van der Waals surface area contributed by atoms with Gasteiger partial charge in [0.25, 0.3) is 5.91 Å². The van der Waals surface area contributed by atoms with Gasteiger partial charge in [-0.15, -0.1) is 0 Å². The average Bonchev–Trinajstić information content (AvgIpc) is 3.13. The molecule has 0 aliphatic heterocycles. The summed E-state index contributed by atoms with van der Waals surface area (Å²) in [6, 6.07) is 5.82. The smallest absolute Gasteiger partial charge is 0.252 e. The van der Waals surface area contributed by atoms with Crippen LogP contribution in [0.1, 0.15) is 23.2 Å². The molecule has 2 amide bonds. The Morgan fingerprint density at radius 3 is 2.78 bits per heavy atom. The van der Waals surface area contributed by atoms with Crippen molar-refractivity contribution in [1.82, 2.24) is 10.6 Å². The number of nitrogens with one attached hydrogen (secondary N) is 2. The van der Waals surface area contributed by atoms with E-state index in [4.69, 9.17) is 0 Å². The van der Waals surface area contributed by atoms with Crippen LogP contribution in [0, 0.1) is 3.57 Å². The highest BCUT2D eigenvalue weighted by Gasteiger charge is 2.23. The summed E-state index contributed by atoms with van der Waals surface area (Å²) in [5.41, 5.74) is 0.543. The SMILES string of the molecule is O=C(CNC(=O)c1cc(I)ccc1Br)NC1CC1. The van der Waals surface area contributed by atoms with Gasteiger partial charge in [0.05, 0.1) is 12.1 Å². The van der Waals surface area contributed by atoms with E-state index in [1.807, 2.05) is 12.1 Å². The number of hydrogen-bond acceptors (Lipinski definition) is 2. The zero-order valence-corrected chi connectivity index (χ0v) is 13.2. The first-order valence-electron chi connectivity index (χ1n) is 5.59. The Bertz CT molecular complexity index is 489. The van der Waals surface area contributed by atoms with Crippen molar-refractivity contribution in [2.45, 2.75) is 18.9 Å². The third kappa shape index (κ3) is 3.94. The van der Waals surface area contributed by atoms with Gasteiger partial charge in [-0.1, -0.05) is 0 Å². The van der Waals surface area contributed by atoms with E-state index in [0.717, 1.165) is 20.9 Å². The maximum Gasteiger partial charge on any atom is 0.252 e. The first-order chi connectivity index (χ1) is 8.56. The molecule has 0 spiro atoms. The predicted octanol–water partition coefficient (Wildman–Crippen LogP) is 2.06. The van der Waals surface area contributed by atoms with E-state index in [-0.39, 0.29) is 18.4 Å². The molecule has 0 unspecified atom stereocenters. The van der Waals surface area contributed by atoms with Gasteiger partial charge in [0, 0.05) is 14.1 Å². The summed E-state index contributed by atoms with van der Waals surface area (Å²) >= 11 is 5.47. The van der Waals surface area contributed by atoms with Crippen LogP contribution in [0.3, 0.4) is 0 Å². The van der Waals surface area contributed by atoms with Gasteiger partial charge in [0.2, 0.25) is 5.91 Å². The maximum absolute atomic E-state index is 11.9. The fraction of sp³-hybridized carbons (Fsp3) is 0.333. The molecule has 1 aliphatic carbocycles. The minimum Gasteiger partial charge on any atom is -0.352 e. The molecule has 0 radical (unpaired) electrons. The van der Waals surface area contributed by atoms with E-state index in [2.05, 4.69) is 49.2 Å². The minimum atomic E-state index is -0.244. The Labute approximate surface area is 127 Å². The number of carbonyl (C=O) groups is 2. The van der Waals surface area contributed by atoms with Crippen LogP contribution in [0.25, 0.3) is 0 Å². The van der Waals surface area contributed by atoms with Gasteiger partial charge in [-0.3, -0.25) is 9.59 Å². The number of halogens is 2. The second-order valence-corrected chi connectivity index (χ2v) is 6.25.